The van der Waals surface area contributed by atoms with Gasteiger partial charge in [-0.05, 0) is 6.07 Å². The largest absolute Gasteiger partial charge is 0.397 e. The molecule has 3 aromatic rings. The van der Waals surface area contributed by atoms with Gasteiger partial charge in [-0.15, -0.1) is 0 Å². The van der Waals surface area contributed by atoms with Crippen molar-refractivity contribution in [2.24, 2.45) is 0 Å². The molecule has 0 amide bonds. The quantitative estimate of drug-likeness (QED) is 0.687. The smallest absolute Gasteiger partial charge is 0.190 e. The highest BCUT2D eigenvalue weighted by atomic mass is 32.1. The molecule has 6 heteroatoms. The van der Waals surface area contributed by atoms with E-state index in [1.165, 1.54) is 11.3 Å². The summed E-state index contributed by atoms with van der Waals surface area (Å²) in [6, 6.07) is 1.84. The second kappa shape index (κ2) is 3.49. The lowest BCUT2D eigenvalue weighted by Crippen LogP contribution is -1.87. The molecule has 3 rings (SSSR count). The lowest BCUT2D eigenvalue weighted by atomic mass is 10.3. The van der Waals surface area contributed by atoms with Crippen LogP contribution in [0, 0.1) is 0 Å². The number of nitrogens with zero attached hydrogens (tertiary/aromatic N) is 4. The molecule has 0 aliphatic heterocycles. The molecule has 0 saturated heterocycles. The van der Waals surface area contributed by atoms with Gasteiger partial charge in [-0.1, -0.05) is 11.3 Å². The first-order valence-corrected chi connectivity index (χ1v) is 5.43. The van der Waals surface area contributed by atoms with Crippen molar-refractivity contribution in [3.05, 3.63) is 30.9 Å². The lowest BCUT2D eigenvalue weighted by molar-refractivity contribution is 1.26. The van der Waals surface area contributed by atoms with Crippen molar-refractivity contribution in [2.45, 2.75) is 0 Å². The molecule has 3 heterocycles. The minimum absolute atomic E-state index is 0.623. The highest BCUT2D eigenvalue weighted by Crippen LogP contribution is 2.27. The van der Waals surface area contributed by atoms with Crippen molar-refractivity contribution in [1.82, 2.24) is 19.9 Å². The highest BCUT2D eigenvalue weighted by molar-refractivity contribution is 7.21. The van der Waals surface area contributed by atoms with E-state index in [0.717, 1.165) is 15.4 Å². The molecule has 3 aromatic heterocycles. The zero-order chi connectivity index (χ0) is 11.0. The van der Waals surface area contributed by atoms with E-state index in [-0.39, 0.29) is 0 Å². The second-order valence-electron chi connectivity index (χ2n) is 3.21. The van der Waals surface area contributed by atoms with Crippen LogP contribution in [0.25, 0.3) is 21.0 Å². The molecule has 0 unspecified atom stereocenters. The molecule has 78 valence electrons. The zero-order valence-electron chi connectivity index (χ0n) is 8.16. The Balaban J connectivity index is 2.19. The number of hydrogen-bond donors (Lipinski definition) is 1. The minimum atomic E-state index is 0.623. The minimum Gasteiger partial charge on any atom is -0.397 e. The Morgan fingerprint density at radius 2 is 2.00 bits per heavy atom. The van der Waals surface area contributed by atoms with Gasteiger partial charge in [0.1, 0.15) is 5.01 Å². The molecule has 2 N–H and O–H groups in total. The van der Waals surface area contributed by atoms with Crippen LogP contribution in [0.4, 0.5) is 5.69 Å². The third kappa shape index (κ3) is 1.49. The fourth-order valence-electron chi connectivity index (χ4n) is 1.38. The van der Waals surface area contributed by atoms with Gasteiger partial charge in [0.2, 0.25) is 0 Å². The maximum Gasteiger partial charge on any atom is 0.190 e. The summed E-state index contributed by atoms with van der Waals surface area (Å²) >= 11 is 1.48. The third-order valence-corrected chi connectivity index (χ3v) is 3.06. The van der Waals surface area contributed by atoms with Crippen molar-refractivity contribution in [3.63, 3.8) is 0 Å². The molecule has 0 saturated carbocycles. The van der Waals surface area contributed by atoms with E-state index < -0.39 is 0 Å². The number of fused-ring (bicyclic) bond motifs is 1. The fourth-order valence-corrected chi connectivity index (χ4v) is 2.22. The number of nitrogens with two attached hydrogens (primary N) is 1. The maximum absolute atomic E-state index is 5.67. The van der Waals surface area contributed by atoms with E-state index in [4.69, 9.17) is 5.73 Å². The van der Waals surface area contributed by atoms with Gasteiger partial charge in [0, 0.05) is 30.4 Å². The summed E-state index contributed by atoms with van der Waals surface area (Å²) in [5.74, 6) is 0. The first-order chi connectivity index (χ1) is 7.83. The number of nitrogen functional groups attached to an aromatic ring is 1. The van der Waals surface area contributed by atoms with Crippen molar-refractivity contribution >= 4 is 27.5 Å². The Labute approximate surface area is 95.0 Å². The van der Waals surface area contributed by atoms with Crippen LogP contribution in [0.15, 0.2) is 30.9 Å². The predicted molar refractivity (Wildman–Crippen MR) is 62.9 cm³/mol. The van der Waals surface area contributed by atoms with E-state index in [1.807, 2.05) is 6.07 Å². The van der Waals surface area contributed by atoms with Crippen LogP contribution in [0.5, 0.6) is 0 Å². The van der Waals surface area contributed by atoms with Gasteiger partial charge >= 0.3 is 0 Å². The molecule has 0 aromatic carbocycles. The molecular formula is C10H7N5S. The van der Waals surface area contributed by atoms with E-state index in [2.05, 4.69) is 19.9 Å². The normalized spacial score (nSPS) is 10.8. The van der Waals surface area contributed by atoms with Gasteiger partial charge < -0.3 is 5.73 Å². The first-order valence-electron chi connectivity index (χ1n) is 4.61. The Bertz CT molecular complexity index is 615. The molecule has 0 aliphatic carbocycles. The standard InChI is InChI=1S/C10H7N5S/c11-7-3-6(4-12-5-7)9-15-8-10(16-9)14-2-1-13-8/h1-5H,11H2. The van der Waals surface area contributed by atoms with E-state index >= 15 is 0 Å². The third-order valence-electron chi connectivity index (χ3n) is 2.05. The van der Waals surface area contributed by atoms with Crippen LogP contribution in [-0.4, -0.2) is 19.9 Å². The maximum atomic E-state index is 5.67. The fraction of sp³-hybridized carbons (Fsp3) is 0. The van der Waals surface area contributed by atoms with Gasteiger partial charge in [0.25, 0.3) is 0 Å². The SMILES string of the molecule is Nc1cncc(-c2nc3nccnc3s2)c1. The summed E-state index contributed by atoms with van der Waals surface area (Å²) in [7, 11) is 0. The molecule has 0 atom stereocenters. The highest BCUT2D eigenvalue weighted by Gasteiger charge is 2.07. The summed E-state index contributed by atoms with van der Waals surface area (Å²) in [5, 5.41) is 0.834. The Hall–Kier alpha value is -2.08. The van der Waals surface area contributed by atoms with E-state index in [9.17, 15) is 0 Å². The number of rotatable bonds is 1. The average Bonchev–Trinajstić information content (AvgIpc) is 2.72. The van der Waals surface area contributed by atoms with Crippen LogP contribution in [-0.2, 0) is 0 Å². The van der Waals surface area contributed by atoms with Crippen LogP contribution in [0.3, 0.4) is 0 Å². The van der Waals surface area contributed by atoms with Crippen molar-refractivity contribution < 1.29 is 0 Å². The molecule has 0 bridgehead atoms. The molecular weight excluding hydrogens is 222 g/mol. The second-order valence-corrected chi connectivity index (χ2v) is 4.19. The lowest BCUT2D eigenvalue weighted by Gasteiger charge is -1.95. The Kier molecular flexibility index (Phi) is 2.00. The predicted octanol–water partition coefficient (Wildman–Crippen LogP) is 1.73. The van der Waals surface area contributed by atoms with Gasteiger partial charge in [0.15, 0.2) is 10.5 Å². The zero-order valence-corrected chi connectivity index (χ0v) is 8.98. The molecule has 16 heavy (non-hydrogen) atoms. The summed E-state index contributed by atoms with van der Waals surface area (Å²) in [4.78, 5) is 17.6. The number of hydrogen-bond acceptors (Lipinski definition) is 6. The average molecular weight is 229 g/mol. The van der Waals surface area contributed by atoms with E-state index in [0.29, 0.717) is 11.3 Å². The molecule has 0 spiro atoms. The molecule has 0 radical (unpaired) electrons. The molecule has 5 nitrogen and oxygen atoms in total. The van der Waals surface area contributed by atoms with Crippen molar-refractivity contribution in [3.8, 4) is 10.6 Å². The van der Waals surface area contributed by atoms with Gasteiger partial charge in [-0.2, -0.15) is 0 Å². The number of thiazole rings is 1. The van der Waals surface area contributed by atoms with Crippen LogP contribution >= 0.6 is 11.3 Å². The summed E-state index contributed by atoms with van der Waals surface area (Å²) in [5.41, 5.74) is 7.85. The monoisotopic (exact) mass is 229 g/mol. The Morgan fingerprint density at radius 3 is 2.81 bits per heavy atom. The van der Waals surface area contributed by atoms with Crippen molar-refractivity contribution in [2.75, 3.05) is 5.73 Å². The summed E-state index contributed by atoms with van der Waals surface area (Å²) in [6.07, 6.45) is 6.62. The van der Waals surface area contributed by atoms with Gasteiger partial charge in [-0.3, -0.25) is 4.98 Å². The topological polar surface area (TPSA) is 77.6 Å². The Morgan fingerprint density at radius 1 is 1.12 bits per heavy atom. The van der Waals surface area contributed by atoms with Crippen LogP contribution in [0.1, 0.15) is 0 Å². The molecule has 0 aliphatic rings. The van der Waals surface area contributed by atoms with Gasteiger partial charge in [-0.25, -0.2) is 15.0 Å². The van der Waals surface area contributed by atoms with Gasteiger partial charge in [0.05, 0.1) is 5.69 Å². The van der Waals surface area contributed by atoms with E-state index in [1.54, 1.807) is 24.8 Å². The first kappa shape index (κ1) is 9.17. The summed E-state index contributed by atoms with van der Waals surface area (Å²) in [6.45, 7) is 0. The van der Waals surface area contributed by atoms with Crippen LogP contribution < -0.4 is 5.73 Å². The number of anilines is 1. The number of aromatic nitrogens is 4. The molecule has 0 fully saturated rings. The summed E-state index contributed by atoms with van der Waals surface area (Å²) < 4.78 is 0. The van der Waals surface area contributed by atoms with Crippen LogP contribution in [0.2, 0.25) is 0 Å². The number of pyridine rings is 1. The van der Waals surface area contributed by atoms with Crippen molar-refractivity contribution in [1.29, 1.82) is 0 Å².